The number of hydrogen-bond donors (Lipinski definition) is 1. The molecule has 1 unspecified atom stereocenters. The van der Waals surface area contributed by atoms with Crippen LogP contribution < -0.4 is 10.1 Å². The highest BCUT2D eigenvalue weighted by Gasteiger charge is 2.31. The largest absolute Gasteiger partial charge is 0.493 e. The standard InChI is InChI=1S/C17H31N3O/c1-5-11-18-16(14-9-7-13(3)8-10-14)17-15(21-4)12-19-20(17)6-2/h12-14,16,18H,5-11H2,1-4H3. The second kappa shape index (κ2) is 7.83. The van der Waals surface area contributed by atoms with Crippen LogP contribution in [-0.2, 0) is 6.54 Å². The maximum absolute atomic E-state index is 5.58. The van der Waals surface area contributed by atoms with Crippen LogP contribution in [0.2, 0.25) is 0 Å². The lowest BCUT2D eigenvalue weighted by Gasteiger charge is -2.34. The molecule has 21 heavy (non-hydrogen) atoms. The Bertz CT molecular complexity index is 400. The molecule has 0 saturated heterocycles. The van der Waals surface area contributed by atoms with Gasteiger partial charge < -0.3 is 10.1 Å². The van der Waals surface area contributed by atoms with E-state index >= 15 is 0 Å². The zero-order valence-corrected chi connectivity index (χ0v) is 14.1. The van der Waals surface area contributed by atoms with Gasteiger partial charge in [-0.05, 0) is 44.6 Å². The number of nitrogens with one attached hydrogen (secondary N) is 1. The number of hydrogen-bond acceptors (Lipinski definition) is 3. The van der Waals surface area contributed by atoms with Crippen LogP contribution in [0.1, 0.15) is 64.6 Å². The van der Waals surface area contributed by atoms with Crippen molar-refractivity contribution in [1.82, 2.24) is 15.1 Å². The first-order valence-electron chi connectivity index (χ1n) is 8.54. The van der Waals surface area contributed by atoms with Crippen molar-refractivity contribution >= 4 is 0 Å². The average Bonchev–Trinajstić information content (AvgIpc) is 2.92. The Kier molecular flexibility index (Phi) is 6.09. The van der Waals surface area contributed by atoms with Crippen molar-refractivity contribution in [3.63, 3.8) is 0 Å². The van der Waals surface area contributed by atoms with E-state index in [2.05, 4.69) is 35.9 Å². The van der Waals surface area contributed by atoms with Crippen LogP contribution in [0.4, 0.5) is 0 Å². The molecule has 1 heterocycles. The topological polar surface area (TPSA) is 39.1 Å². The zero-order valence-electron chi connectivity index (χ0n) is 14.1. The maximum Gasteiger partial charge on any atom is 0.161 e. The predicted molar refractivity (Wildman–Crippen MR) is 86.6 cm³/mol. The maximum atomic E-state index is 5.58. The van der Waals surface area contributed by atoms with E-state index in [9.17, 15) is 0 Å². The summed E-state index contributed by atoms with van der Waals surface area (Å²) in [5.41, 5.74) is 1.24. The van der Waals surface area contributed by atoms with Gasteiger partial charge in [-0.3, -0.25) is 4.68 Å². The molecule has 2 rings (SSSR count). The fourth-order valence-corrected chi connectivity index (χ4v) is 3.51. The van der Waals surface area contributed by atoms with Gasteiger partial charge in [0.15, 0.2) is 5.75 Å². The lowest BCUT2D eigenvalue weighted by Crippen LogP contribution is -2.33. The molecule has 1 saturated carbocycles. The predicted octanol–water partition coefficient (Wildman–Crippen LogP) is 3.78. The van der Waals surface area contributed by atoms with Crippen LogP contribution in [-0.4, -0.2) is 23.4 Å². The van der Waals surface area contributed by atoms with E-state index in [1.165, 1.54) is 31.4 Å². The van der Waals surface area contributed by atoms with Crippen molar-refractivity contribution in [2.75, 3.05) is 13.7 Å². The van der Waals surface area contributed by atoms with E-state index in [0.717, 1.165) is 31.2 Å². The van der Waals surface area contributed by atoms with E-state index in [-0.39, 0.29) is 0 Å². The normalized spacial score (nSPS) is 24.0. The van der Waals surface area contributed by atoms with Crippen LogP contribution >= 0.6 is 0 Å². The highest BCUT2D eigenvalue weighted by atomic mass is 16.5. The van der Waals surface area contributed by atoms with Crippen LogP contribution in [0.15, 0.2) is 6.20 Å². The molecule has 0 aliphatic heterocycles. The molecule has 1 aromatic heterocycles. The first kappa shape index (κ1) is 16.3. The summed E-state index contributed by atoms with van der Waals surface area (Å²) in [7, 11) is 1.75. The average molecular weight is 293 g/mol. The van der Waals surface area contributed by atoms with Crippen molar-refractivity contribution in [3.8, 4) is 5.75 Å². The third-order valence-electron chi connectivity index (χ3n) is 4.81. The molecular weight excluding hydrogens is 262 g/mol. The monoisotopic (exact) mass is 293 g/mol. The third-order valence-corrected chi connectivity index (χ3v) is 4.81. The van der Waals surface area contributed by atoms with E-state index in [0.29, 0.717) is 12.0 Å². The molecule has 1 fully saturated rings. The van der Waals surface area contributed by atoms with Gasteiger partial charge in [-0.15, -0.1) is 0 Å². The molecule has 1 N–H and O–H groups in total. The smallest absolute Gasteiger partial charge is 0.161 e. The van der Waals surface area contributed by atoms with Crippen molar-refractivity contribution in [3.05, 3.63) is 11.9 Å². The van der Waals surface area contributed by atoms with E-state index < -0.39 is 0 Å². The summed E-state index contributed by atoms with van der Waals surface area (Å²) in [6, 6.07) is 0.370. The molecule has 4 nitrogen and oxygen atoms in total. The van der Waals surface area contributed by atoms with Gasteiger partial charge in [0, 0.05) is 6.54 Å². The molecule has 1 aromatic rings. The molecule has 0 aromatic carbocycles. The van der Waals surface area contributed by atoms with Gasteiger partial charge in [0.2, 0.25) is 0 Å². The number of nitrogens with zero attached hydrogens (tertiary/aromatic N) is 2. The highest BCUT2D eigenvalue weighted by Crippen LogP contribution is 2.39. The van der Waals surface area contributed by atoms with Gasteiger partial charge >= 0.3 is 0 Å². The van der Waals surface area contributed by atoms with E-state index in [1.807, 2.05) is 6.20 Å². The molecule has 120 valence electrons. The Morgan fingerprint density at radius 2 is 2.05 bits per heavy atom. The number of aryl methyl sites for hydroxylation is 1. The van der Waals surface area contributed by atoms with Crippen LogP contribution in [0.5, 0.6) is 5.75 Å². The molecule has 4 heteroatoms. The van der Waals surface area contributed by atoms with Gasteiger partial charge in [-0.1, -0.05) is 26.7 Å². The summed E-state index contributed by atoms with van der Waals surface area (Å²) >= 11 is 0. The highest BCUT2D eigenvalue weighted by molar-refractivity contribution is 5.29. The first-order chi connectivity index (χ1) is 10.2. The molecular formula is C17H31N3O. The summed E-state index contributed by atoms with van der Waals surface area (Å²) in [5.74, 6) is 2.51. The number of rotatable bonds is 7. The van der Waals surface area contributed by atoms with Crippen molar-refractivity contribution in [2.24, 2.45) is 11.8 Å². The van der Waals surface area contributed by atoms with Crippen LogP contribution in [0, 0.1) is 11.8 Å². The summed E-state index contributed by atoms with van der Waals surface area (Å²) in [6.07, 6.45) is 8.32. The molecule has 1 atom stereocenters. The Morgan fingerprint density at radius 1 is 1.33 bits per heavy atom. The fourth-order valence-electron chi connectivity index (χ4n) is 3.51. The van der Waals surface area contributed by atoms with Gasteiger partial charge in [0.05, 0.1) is 25.0 Å². The molecule has 1 aliphatic rings. The molecule has 0 amide bonds. The van der Waals surface area contributed by atoms with Crippen molar-refractivity contribution < 1.29 is 4.74 Å². The fraction of sp³-hybridized carbons (Fsp3) is 0.824. The Hall–Kier alpha value is -1.03. The Labute approximate surface area is 129 Å². The SMILES string of the molecule is CCCNC(c1c(OC)cnn1CC)C1CCC(C)CC1. The van der Waals surface area contributed by atoms with Crippen LogP contribution in [0.3, 0.4) is 0 Å². The molecule has 0 bridgehead atoms. The third kappa shape index (κ3) is 3.79. The van der Waals surface area contributed by atoms with Crippen molar-refractivity contribution in [1.29, 1.82) is 0 Å². The minimum absolute atomic E-state index is 0.370. The summed E-state index contributed by atoms with van der Waals surface area (Å²) in [6.45, 7) is 8.69. The number of aromatic nitrogens is 2. The summed E-state index contributed by atoms with van der Waals surface area (Å²) in [4.78, 5) is 0. The lowest BCUT2D eigenvalue weighted by atomic mass is 9.78. The molecule has 0 spiro atoms. The van der Waals surface area contributed by atoms with Crippen LogP contribution in [0.25, 0.3) is 0 Å². The number of ether oxygens (including phenoxy) is 1. The second-order valence-electron chi connectivity index (χ2n) is 6.37. The quantitative estimate of drug-likeness (QED) is 0.831. The van der Waals surface area contributed by atoms with Crippen molar-refractivity contribution in [2.45, 2.75) is 65.5 Å². The van der Waals surface area contributed by atoms with Gasteiger partial charge in [0.25, 0.3) is 0 Å². The summed E-state index contributed by atoms with van der Waals surface area (Å²) < 4.78 is 7.68. The van der Waals surface area contributed by atoms with Gasteiger partial charge in [0.1, 0.15) is 0 Å². The summed E-state index contributed by atoms with van der Waals surface area (Å²) in [5, 5.41) is 8.26. The number of methoxy groups -OCH3 is 1. The Morgan fingerprint density at radius 3 is 2.62 bits per heavy atom. The molecule has 1 aliphatic carbocycles. The Balaban J connectivity index is 2.24. The minimum Gasteiger partial charge on any atom is -0.493 e. The first-order valence-corrected chi connectivity index (χ1v) is 8.54. The van der Waals surface area contributed by atoms with Gasteiger partial charge in [-0.25, -0.2) is 0 Å². The molecule has 0 radical (unpaired) electrons. The van der Waals surface area contributed by atoms with E-state index in [4.69, 9.17) is 4.74 Å². The zero-order chi connectivity index (χ0) is 15.2. The lowest BCUT2D eigenvalue weighted by molar-refractivity contribution is 0.221. The van der Waals surface area contributed by atoms with E-state index in [1.54, 1.807) is 7.11 Å². The van der Waals surface area contributed by atoms with Gasteiger partial charge in [-0.2, -0.15) is 5.10 Å². The minimum atomic E-state index is 0.370. The second-order valence-corrected chi connectivity index (χ2v) is 6.37.